The Labute approximate surface area is 203 Å². The van der Waals surface area contributed by atoms with Crippen molar-refractivity contribution in [1.29, 1.82) is 0 Å². The summed E-state index contributed by atoms with van der Waals surface area (Å²) in [5, 5.41) is 5.40. The Morgan fingerprint density at radius 3 is 2.00 bits per heavy atom. The lowest BCUT2D eigenvalue weighted by Crippen LogP contribution is -2.23. The Hall–Kier alpha value is -4.02. The molecule has 0 radical (unpaired) electrons. The molecule has 35 heavy (non-hydrogen) atoms. The number of hydrogen-bond donors (Lipinski definition) is 3. The Morgan fingerprint density at radius 2 is 1.43 bits per heavy atom. The van der Waals surface area contributed by atoms with Gasteiger partial charge in [-0.15, -0.1) is 0 Å². The van der Waals surface area contributed by atoms with Gasteiger partial charge in [0.05, 0.1) is 23.4 Å². The second-order valence-electron chi connectivity index (χ2n) is 7.65. The summed E-state index contributed by atoms with van der Waals surface area (Å²) in [5.41, 5.74) is 2.21. The lowest BCUT2D eigenvalue weighted by Gasteiger charge is -2.13. The third-order valence-corrected chi connectivity index (χ3v) is 6.46. The number of sulfonamides is 1. The largest absolute Gasteiger partial charge is 0.497 e. The maximum Gasteiger partial charge on any atom is 0.255 e. The summed E-state index contributed by atoms with van der Waals surface area (Å²) >= 11 is 0. The average Bonchev–Trinajstić information content (AvgIpc) is 2.84. The molecule has 3 rings (SSSR count). The van der Waals surface area contributed by atoms with E-state index in [4.69, 9.17) is 4.74 Å². The molecule has 3 N–H and O–H groups in total. The number of rotatable bonds is 9. The van der Waals surface area contributed by atoms with Crippen LogP contribution in [0.2, 0.25) is 0 Å². The highest BCUT2D eigenvalue weighted by molar-refractivity contribution is 7.89. The van der Waals surface area contributed by atoms with Crippen LogP contribution < -0.4 is 20.1 Å². The molecule has 0 saturated heterocycles. The van der Waals surface area contributed by atoms with Crippen molar-refractivity contribution in [3.05, 3.63) is 83.4 Å². The van der Waals surface area contributed by atoms with E-state index in [0.717, 1.165) is 0 Å². The molecule has 0 unspecified atom stereocenters. The van der Waals surface area contributed by atoms with Gasteiger partial charge in [-0.1, -0.05) is 24.3 Å². The maximum atomic E-state index is 12.7. The van der Waals surface area contributed by atoms with E-state index in [1.165, 1.54) is 45.2 Å². The van der Waals surface area contributed by atoms with Crippen LogP contribution in [0.4, 0.5) is 11.4 Å². The van der Waals surface area contributed by atoms with Gasteiger partial charge in [-0.05, 0) is 48.9 Å². The van der Waals surface area contributed by atoms with Gasteiger partial charge in [-0.25, -0.2) is 13.1 Å². The first-order chi connectivity index (χ1) is 16.6. The molecule has 0 fully saturated rings. The first-order valence-electron chi connectivity index (χ1n) is 10.6. The Bertz CT molecular complexity index is 1350. The fourth-order valence-electron chi connectivity index (χ4n) is 3.15. The molecule has 0 saturated carbocycles. The van der Waals surface area contributed by atoms with Gasteiger partial charge in [-0.3, -0.25) is 14.4 Å². The molecule has 3 aromatic rings. The van der Waals surface area contributed by atoms with E-state index in [2.05, 4.69) is 15.4 Å². The lowest BCUT2D eigenvalue weighted by molar-refractivity contribution is -0.114. The first-order valence-corrected chi connectivity index (χ1v) is 12.0. The van der Waals surface area contributed by atoms with Gasteiger partial charge >= 0.3 is 0 Å². The predicted molar refractivity (Wildman–Crippen MR) is 132 cm³/mol. The normalized spacial score (nSPS) is 10.9. The van der Waals surface area contributed by atoms with Crippen LogP contribution in [-0.2, 0) is 21.4 Å². The highest BCUT2D eigenvalue weighted by atomic mass is 32.2. The van der Waals surface area contributed by atoms with E-state index < -0.39 is 15.9 Å². The molecular weight excluding hydrogens is 470 g/mol. The molecule has 9 nitrogen and oxygen atoms in total. The van der Waals surface area contributed by atoms with Crippen molar-refractivity contribution in [2.75, 3.05) is 17.7 Å². The second kappa shape index (κ2) is 10.9. The number of carbonyl (C=O) groups is 3. The fraction of sp³-hybridized carbons (Fsp3) is 0.160. The van der Waals surface area contributed by atoms with Crippen LogP contribution >= 0.6 is 0 Å². The van der Waals surface area contributed by atoms with Gasteiger partial charge in [0.15, 0.2) is 5.78 Å². The number of carbonyl (C=O) groups excluding carboxylic acids is 3. The van der Waals surface area contributed by atoms with Gasteiger partial charge in [-0.2, -0.15) is 0 Å². The van der Waals surface area contributed by atoms with Gasteiger partial charge in [0, 0.05) is 30.7 Å². The number of ketones is 1. The molecular formula is C25H25N3O6S. The Kier molecular flexibility index (Phi) is 8.00. The Balaban J connectivity index is 1.67. The van der Waals surface area contributed by atoms with Gasteiger partial charge < -0.3 is 15.4 Å². The zero-order chi connectivity index (χ0) is 25.6. The Morgan fingerprint density at radius 1 is 0.800 bits per heavy atom. The zero-order valence-corrected chi connectivity index (χ0v) is 20.2. The minimum Gasteiger partial charge on any atom is -0.497 e. The molecule has 10 heteroatoms. The molecule has 0 aliphatic heterocycles. The van der Waals surface area contributed by atoms with Crippen molar-refractivity contribution < 1.29 is 27.5 Å². The minimum absolute atomic E-state index is 0.0151. The van der Waals surface area contributed by atoms with Crippen molar-refractivity contribution in [3.63, 3.8) is 0 Å². The van der Waals surface area contributed by atoms with Crippen molar-refractivity contribution in [1.82, 2.24) is 4.72 Å². The van der Waals surface area contributed by atoms with Crippen LogP contribution in [0.15, 0.2) is 71.6 Å². The summed E-state index contributed by atoms with van der Waals surface area (Å²) in [4.78, 5) is 35.6. The summed E-state index contributed by atoms with van der Waals surface area (Å²) in [6.45, 7) is 2.79. The van der Waals surface area contributed by atoms with Crippen LogP contribution in [0.25, 0.3) is 0 Å². The average molecular weight is 496 g/mol. The first kappa shape index (κ1) is 25.6. The molecule has 0 atom stereocenters. The van der Waals surface area contributed by atoms with E-state index in [9.17, 15) is 22.8 Å². The number of amides is 2. The van der Waals surface area contributed by atoms with Crippen LogP contribution in [0.5, 0.6) is 5.75 Å². The lowest BCUT2D eigenvalue weighted by atomic mass is 10.1. The summed E-state index contributed by atoms with van der Waals surface area (Å²) in [6, 6.07) is 17.0. The van der Waals surface area contributed by atoms with Crippen LogP contribution in [0, 0.1) is 0 Å². The van der Waals surface area contributed by atoms with E-state index in [1.54, 1.807) is 42.5 Å². The van der Waals surface area contributed by atoms with E-state index in [1.807, 2.05) is 0 Å². The molecule has 0 bridgehead atoms. The number of Topliss-reactive ketones (excluding diaryl/α,β-unsaturated/α-hetero) is 1. The molecule has 0 heterocycles. The highest BCUT2D eigenvalue weighted by Gasteiger charge is 2.15. The molecule has 3 aromatic carbocycles. The minimum atomic E-state index is -3.78. The number of nitrogens with one attached hydrogen (secondary N) is 3. The monoisotopic (exact) mass is 495 g/mol. The van der Waals surface area contributed by atoms with E-state index >= 15 is 0 Å². The highest BCUT2D eigenvalue weighted by Crippen LogP contribution is 2.27. The van der Waals surface area contributed by atoms with Gasteiger partial charge in [0.25, 0.3) is 5.91 Å². The number of anilines is 2. The quantitative estimate of drug-likeness (QED) is 0.389. The summed E-state index contributed by atoms with van der Waals surface area (Å²) < 4.78 is 32.7. The van der Waals surface area contributed by atoms with Crippen molar-refractivity contribution in [2.45, 2.75) is 25.3 Å². The van der Waals surface area contributed by atoms with Crippen molar-refractivity contribution in [2.24, 2.45) is 0 Å². The second-order valence-corrected chi connectivity index (χ2v) is 9.42. The number of benzene rings is 3. The summed E-state index contributed by atoms with van der Waals surface area (Å²) in [6.07, 6.45) is 0. The van der Waals surface area contributed by atoms with Crippen molar-refractivity contribution >= 4 is 39.0 Å². The van der Waals surface area contributed by atoms with Gasteiger partial charge in [0.1, 0.15) is 5.75 Å². The van der Waals surface area contributed by atoms with Crippen LogP contribution in [0.3, 0.4) is 0 Å². The van der Waals surface area contributed by atoms with Crippen LogP contribution in [0.1, 0.15) is 40.1 Å². The molecule has 182 valence electrons. The van der Waals surface area contributed by atoms with Crippen molar-refractivity contribution in [3.8, 4) is 5.75 Å². The molecule has 0 aromatic heterocycles. The van der Waals surface area contributed by atoms with Gasteiger partial charge in [0.2, 0.25) is 15.9 Å². The zero-order valence-electron chi connectivity index (χ0n) is 19.4. The topological polar surface area (TPSA) is 131 Å². The third-order valence-electron chi connectivity index (χ3n) is 5.04. The van der Waals surface area contributed by atoms with E-state index in [0.29, 0.717) is 33.8 Å². The summed E-state index contributed by atoms with van der Waals surface area (Å²) in [5.74, 6) is -0.341. The number of ether oxygens (including phenoxy) is 1. The third kappa shape index (κ3) is 6.75. The maximum absolute atomic E-state index is 12.7. The summed E-state index contributed by atoms with van der Waals surface area (Å²) in [7, 11) is -2.28. The SMILES string of the molecule is COc1ccc(NC(C)=O)c(NC(=O)c2ccc(CNS(=O)(=O)c3ccc(C(C)=O)cc3)cc2)c1. The molecule has 2 amide bonds. The molecule has 0 spiro atoms. The van der Waals surface area contributed by atoms with Crippen LogP contribution in [-0.4, -0.2) is 33.1 Å². The number of methoxy groups -OCH3 is 1. The standard InChI is InChI=1S/C25H25N3O6S/c1-16(29)19-8-11-22(12-9-19)35(32,33)26-15-18-4-6-20(7-5-18)25(31)28-24-14-21(34-3)10-13-23(24)27-17(2)30/h4-14,26H,15H2,1-3H3,(H,27,30)(H,28,31). The number of hydrogen-bond acceptors (Lipinski definition) is 6. The molecule has 0 aliphatic carbocycles. The predicted octanol–water partition coefficient (Wildman–Crippen LogP) is 3.59. The molecule has 0 aliphatic rings. The smallest absolute Gasteiger partial charge is 0.255 e. The van der Waals surface area contributed by atoms with E-state index in [-0.39, 0.29) is 23.1 Å². The fourth-order valence-corrected chi connectivity index (χ4v) is 4.17.